The fourth-order valence-electron chi connectivity index (χ4n) is 6.34. The lowest BCUT2D eigenvalue weighted by Gasteiger charge is -2.18. The van der Waals surface area contributed by atoms with E-state index in [9.17, 15) is 14.4 Å². The minimum atomic E-state index is -0.789. The molecule has 0 N–H and O–H groups in total. The predicted octanol–water partition coefficient (Wildman–Crippen LogP) is 15.5. The average molecular weight is 809 g/mol. The average Bonchev–Trinajstić information content (AvgIpc) is 3.22. The van der Waals surface area contributed by atoms with Crippen LogP contribution in [0.3, 0.4) is 0 Å². The zero-order valence-electron chi connectivity index (χ0n) is 37.8. The number of rotatable bonds is 42. The van der Waals surface area contributed by atoms with E-state index in [4.69, 9.17) is 14.2 Å². The maximum Gasteiger partial charge on any atom is 0.306 e. The normalized spacial score (nSPS) is 12.7. The Hall–Kier alpha value is -3.15. The molecule has 0 saturated heterocycles. The summed E-state index contributed by atoms with van der Waals surface area (Å²) in [5.74, 6) is -0.935. The summed E-state index contributed by atoms with van der Waals surface area (Å²) in [6, 6.07) is 0. The molecule has 6 nitrogen and oxygen atoms in total. The van der Waals surface area contributed by atoms with Gasteiger partial charge in [-0.25, -0.2) is 0 Å². The molecule has 1 atom stereocenters. The minimum absolute atomic E-state index is 0.0890. The molecule has 0 radical (unpaired) electrons. The van der Waals surface area contributed by atoms with Gasteiger partial charge in [0.25, 0.3) is 0 Å². The van der Waals surface area contributed by atoms with Crippen molar-refractivity contribution in [3.05, 3.63) is 72.9 Å². The van der Waals surface area contributed by atoms with E-state index >= 15 is 0 Å². The SMILES string of the molecule is CC/C=C\C/C=C\C/C=C\C/C=C\CCCCCCC(=O)OCC(COC(=O)CCCCCCCCCC)OC(=O)CCCCCCC/C=C\C/C=C\CCCCC. The quantitative estimate of drug-likeness (QED) is 0.0264. The molecule has 0 saturated carbocycles. The summed E-state index contributed by atoms with van der Waals surface area (Å²) in [5, 5.41) is 0. The van der Waals surface area contributed by atoms with Gasteiger partial charge in [0.2, 0.25) is 0 Å². The van der Waals surface area contributed by atoms with Crippen LogP contribution in [-0.4, -0.2) is 37.2 Å². The molecule has 0 fully saturated rings. The summed E-state index contributed by atoms with van der Waals surface area (Å²) >= 11 is 0. The largest absolute Gasteiger partial charge is 0.462 e. The molecule has 0 bridgehead atoms. The zero-order valence-corrected chi connectivity index (χ0v) is 37.8. The van der Waals surface area contributed by atoms with Crippen molar-refractivity contribution in [1.82, 2.24) is 0 Å². The second-order valence-electron chi connectivity index (χ2n) is 15.6. The lowest BCUT2D eigenvalue weighted by Crippen LogP contribution is -2.30. The van der Waals surface area contributed by atoms with Gasteiger partial charge < -0.3 is 14.2 Å². The Kier molecular flexibility index (Phi) is 44.0. The maximum absolute atomic E-state index is 12.7. The van der Waals surface area contributed by atoms with Crippen molar-refractivity contribution in [2.45, 2.75) is 226 Å². The van der Waals surface area contributed by atoms with Crippen LogP contribution in [0.4, 0.5) is 0 Å². The zero-order chi connectivity index (χ0) is 42.3. The van der Waals surface area contributed by atoms with Crippen molar-refractivity contribution < 1.29 is 28.6 Å². The van der Waals surface area contributed by atoms with Crippen molar-refractivity contribution in [2.24, 2.45) is 0 Å². The molecule has 0 aromatic heterocycles. The number of carbonyl (C=O) groups is 3. The third-order valence-electron chi connectivity index (χ3n) is 9.95. The number of hydrogen-bond acceptors (Lipinski definition) is 6. The summed E-state index contributed by atoms with van der Waals surface area (Å²) in [5.41, 5.74) is 0. The number of unbranched alkanes of at least 4 members (excludes halogenated alkanes) is 19. The Labute approximate surface area is 357 Å². The van der Waals surface area contributed by atoms with Crippen LogP contribution in [-0.2, 0) is 28.6 Å². The van der Waals surface area contributed by atoms with Gasteiger partial charge in [-0.3, -0.25) is 14.4 Å². The number of esters is 3. The Bertz CT molecular complexity index is 1110. The predicted molar refractivity (Wildman–Crippen MR) is 247 cm³/mol. The van der Waals surface area contributed by atoms with E-state index in [2.05, 4.69) is 93.7 Å². The Morgan fingerprint density at radius 3 is 1.09 bits per heavy atom. The first-order chi connectivity index (χ1) is 28.5. The topological polar surface area (TPSA) is 78.9 Å². The molecule has 0 aliphatic carbocycles. The molecular formula is C52H88O6. The van der Waals surface area contributed by atoms with Crippen LogP contribution in [0.1, 0.15) is 220 Å². The molecule has 0 aliphatic rings. The highest BCUT2D eigenvalue weighted by molar-refractivity contribution is 5.71. The summed E-state index contributed by atoms with van der Waals surface area (Å²) in [7, 11) is 0. The Balaban J connectivity index is 4.40. The van der Waals surface area contributed by atoms with Gasteiger partial charge in [-0.1, -0.05) is 184 Å². The second-order valence-corrected chi connectivity index (χ2v) is 15.6. The van der Waals surface area contributed by atoms with Gasteiger partial charge in [0.15, 0.2) is 6.10 Å². The summed E-state index contributed by atoms with van der Waals surface area (Å²) in [4.78, 5) is 37.7. The van der Waals surface area contributed by atoms with E-state index in [1.54, 1.807) is 0 Å². The van der Waals surface area contributed by atoms with Crippen LogP contribution in [0.15, 0.2) is 72.9 Å². The van der Waals surface area contributed by atoms with Crippen LogP contribution in [0.25, 0.3) is 0 Å². The van der Waals surface area contributed by atoms with E-state index in [1.165, 1.54) is 57.8 Å². The first-order valence-electron chi connectivity index (χ1n) is 23.9. The monoisotopic (exact) mass is 809 g/mol. The lowest BCUT2D eigenvalue weighted by molar-refractivity contribution is -0.167. The van der Waals surface area contributed by atoms with Crippen molar-refractivity contribution >= 4 is 17.9 Å². The summed E-state index contributed by atoms with van der Waals surface area (Å²) in [6.07, 6.45) is 57.4. The second kappa shape index (κ2) is 46.5. The van der Waals surface area contributed by atoms with Crippen LogP contribution < -0.4 is 0 Å². The molecule has 0 aromatic carbocycles. The molecule has 0 aromatic rings. The van der Waals surface area contributed by atoms with E-state index < -0.39 is 6.10 Å². The molecule has 58 heavy (non-hydrogen) atoms. The standard InChI is InChI=1S/C52H88O6/c1-4-7-10-13-16-19-21-23-25-26-28-29-31-33-36-39-42-45-51(54)57-48-49(47-56-50(53)44-41-38-35-18-15-12-9-6-3)58-52(55)46-43-40-37-34-32-30-27-24-22-20-17-14-11-8-5-2/h7,10,16-17,19-20,23-25,27-29,49H,4-6,8-9,11-15,18,21-22,26,30-48H2,1-3H3/b10-7-,19-16-,20-17-,25-23-,27-24-,29-28-. The molecule has 332 valence electrons. The van der Waals surface area contributed by atoms with Crippen LogP contribution in [0, 0.1) is 0 Å². The smallest absolute Gasteiger partial charge is 0.306 e. The van der Waals surface area contributed by atoms with Gasteiger partial charge in [-0.05, 0) is 89.9 Å². The molecule has 1 unspecified atom stereocenters. The minimum Gasteiger partial charge on any atom is -0.462 e. The molecule has 6 heteroatoms. The first-order valence-corrected chi connectivity index (χ1v) is 23.9. The fourth-order valence-corrected chi connectivity index (χ4v) is 6.34. The summed E-state index contributed by atoms with van der Waals surface area (Å²) in [6.45, 7) is 6.42. The molecular weight excluding hydrogens is 721 g/mol. The molecule has 0 rings (SSSR count). The van der Waals surface area contributed by atoms with Gasteiger partial charge in [0.1, 0.15) is 13.2 Å². The van der Waals surface area contributed by atoms with Crippen molar-refractivity contribution in [2.75, 3.05) is 13.2 Å². The van der Waals surface area contributed by atoms with Gasteiger partial charge in [-0.15, -0.1) is 0 Å². The summed E-state index contributed by atoms with van der Waals surface area (Å²) < 4.78 is 16.7. The van der Waals surface area contributed by atoms with Crippen LogP contribution in [0.2, 0.25) is 0 Å². The van der Waals surface area contributed by atoms with E-state index in [0.29, 0.717) is 19.3 Å². The van der Waals surface area contributed by atoms with Gasteiger partial charge in [-0.2, -0.15) is 0 Å². The van der Waals surface area contributed by atoms with Crippen molar-refractivity contribution in [3.8, 4) is 0 Å². The number of carbonyl (C=O) groups excluding carboxylic acids is 3. The van der Waals surface area contributed by atoms with Crippen LogP contribution >= 0.6 is 0 Å². The maximum atomic E-state index is 12.7. The van der Waals surface area contributed by atoms with Crippen molar-refractivity contribution in [1.29, 1.82) is 0 Å². The molecule has 0 spiro atoms. The fraction of sp³-hybridized carbons (Fsp3) is 0.712. The van der Waals surface area contributed by atoms with E-state index in [-0.39, 0.29) is 31.1 Å². The highest BCUT2D eigenvalue weighted by Gasteiger charge is 2.19. The molecule has 0 heterocycles. The van der Waals surface area contributed by atoms with Crippen molar-refractivity contribution in [3.63, 3.8) is 0 Å². The first kappa shape index (κ1) is 54.9. The van der Waals surface area contributed by atoms with Gasteiger partial charge in [0.05, 0.1) is 0 Å². The number of allylic oxidation sites excluding steroid dienone is 12. The Morgan fingerprint density at radius 2 is 0.672 bits per heavy atom. The van der Waals surface area contributed by atoms with E-state index in [1.807, 2.05) is 0 Å². The highest BCUT2D eigenvalue weighted by atomic mass is 16.6. The number of ether oxygens (including phenoxy) is 3. The lowest BCUT2D eigenvalue weighted by atomic mass is 10.1. The van der Waals surface area contributed by atoms with E-state index in [0.717, 1.165) is 122 Å². The third kappa shape index (κ3) is 44.0. The Morgan fingerprint density at radius 1 is 0.362 bits per heavy atom. The highest BCUT2D eigenvalue weighted by Crippen LogP contribution is 2.13. The number of hydrogen-bond donors (Lipinski definition) is 0. The molecule has 0 amide bonds. The van der Waals surface area contributed by atoms with Crippen LogP contribution in [0.5, 0.6) is 0 Å². The van der Waals surface area contributed by atoms with Gasteiger partial charge in [0, 0.05) is 19.3 Å². The third-order valence-corrected chi connectivity index (χ3v) is 9.95. The molecule has 0 aliphatic heterocycles. The van der Waals surface area contributed by atoms with Gasteiger partial charge >= 0.3 is 17.9 Å².